The van der Waals surface area contributed by atoms with Gasteiger partial charge in [-0.3, -0.25) is 0 Å². The van der Waals surface area contributed by atoms with E-state index in [0.29, 0.717) is 12.5 Å². The number of nitrogens with zero attached hydrogens (tertiary/aromatic N) is 1. The van der Waals surface area contributed by atoms with Gasteiger partial charge in [0.25, 0.3) is 0 Å². The van der Waals surface area contributed by atoms with Crippen LogP contribution < -0.4 is 5.73 Å². The maximum atomic E-state index is 5.66. The molecule has 0 fully saturated rings. The highest BCUT2D eigenvalue weighted by Gasteiger charge is 2.05. The minimum absolute atomic E-state index is 0.601. The average molecular weight is 260 g/mol. The lowest BCUT2D eigenvalue weighted by Crippen LogP contribution is -1.98. The van der Waals surface area contributed by atoms with Gasteiger partial charge in [-0.15, -0.1) is 11.3 Å². The summed E-state index contributed by atoms with van der Waals surface area (Å²) in [5.41, 5.74) is 9.36. The molecule has 0 spiro atoms. The Hall–Kier alpha value is -1.19. The van der Waals surface area contributed by atoms with E-state index in [-0.39, 0.29) is 0 Å². The molecule has 0 saturated carbocycles. The van der Waals surface area contributed by atoms with Crippen LogP contribution in [0.4, 0.5) is 0 Å². The molecule has 2 rings (SSSR count). The fraction of sp³-hybridized carbons (Fsp3) is 0.400. The zero-order valence-electron chi connectivity index (χ0n) is 11.0. The normalized spacial score (nSPS) is 11.1. The smallest absolute Gasteiger partial charge is 0.0972 e. The van der Waals surface area contributed by atoms with Crippen LogP contribution >= 0.6 is 11.3 Å². The lowest BCUT2D eigenvalue weighted by Gasteiger charge is -2.02. The van der Waals surface area contributed by atoms with E-state index in [4.69, 9.17) is 5.73 Å². The van der Waals surface area contributed by atoms with E-state index in [1.165, 1.54) is 21.8 Å². The third kappa shape index (κ3) is 3.65. The van der Waals surface area contributed by atoms with Gasteiger partial charge in [-0.1, -0.05) is 38.1 Å². The predicted molar refractivity (Wildman–Crippen MR) is 77.8 cm³/mol. The summed E-state index contributed by atoms with van der Waals surface area (Å²) in [6.07, 6.45) is 1.98. The molecule has 0 bridgehead atoms. The zero-order valence-corrected chi connectivity index (χ0v) is 11.8. The molecule has 3 heteroatoms. The van der Waals surface area contributed by atoms with Crippen LogP contribution in [0, 0.1) is 5.92 Å². The van der Waals surface area contributed by atoms with E-state index < -0.39 is 0 Å². The summed E-state index contributed by atoms with van der Waals surface area (Å²) in [6, 6.07) is 8.45. The van der Waals surface area contributed by atoms with Crippen LogP contribution in [0.25, 0.3) is 0 Å². The van der Waals surface area contributed by atoms with E-state index in [1.807, 2.05) is 0 Å². The topological polar surface area (TPSA) is 38.9 Å². The molecule has 1 aromatic carbocycles. The molecule has 0 radical (unpaired) electrons. The average Bonchev–Trinajstić information content (AvgIpc) is 2.76. The summed E-state index contributed by atoms with van der Waals surface area (Å²) in [6.45, 7) is 5.05. The Labute approximate surface area is 113 Å². The quantitative estimate of drug-likeness (QED) is 0.895. The van der Waals surface area contributed by atoms with Crippen molar-refractivity contribution < 1.29 is 0 Å². The van der Waals surface area contributed by atoms with Crippen molar-refractivity contribution in [1.82, 2.24) is 4.98 Å². The number of benzene rings is 1. The second-order valence-electron chi connectivity index (χ2n) is 5.03. The Kier molecular flexibility index (Phi) is 4.50. The zero-order chi connectivity index (χ0) is 13.0. The summed E-state index contributed by atoms with van der Waals surface area (Å²) < 4.78 is 0. The molecule has 1 heterocycles. The second-order valence-corrected chi connectivity index (χ2v) is 5.97. The van der Waals surface area contributed by atoms with Gasteiger partial charge in [0.2, 0.25) is 0 Å². The number of rotatable bonds is 5. The van der Waals surface area contributed by atoms with Crippen molar-refractivity contribution in [1.29, 1.82) is 0 Å². The lowest BCUT2D eigenvalue weighted by molar-refractivity contribution is 0.637. The van der Waals surface area contributed by atoms with Crippen molar-refractivity contribution >= 4 is 11.3 Å². The van der Waals surface area contributed by atoms with Gasteiger partial charge in [-0.25, -0.2) is 4.98 Å². The van der Waals surface area contributed by atoms with Gasteiger partial charge in [-0.05, 0) is 23.5 Å². The molecule has 0 aliphatic heterocycles. The first-order chi connectivity index (χ1) is 8.67. The molecule has 0 saturated heterocycles. The molecule has 2 N–H and O–H groups in total. The van der Waals surface area contributed by atoms with Crippen molar-refractivity contribution in [3.05, 3.63) is 51.5 Å². The largest absolute Gasteiger partial charge is 0.326 e. The van der Waals surface area contributed by atoms with Crippen LogP contribution in [-0.4, -0.2) is 4.98 Å². The van der Waals surface area contributed by atoms with Gasteiger partial charge in [0.15, 0.2) is 0 Å². The van der Waals surface area contributed by atoms with Gasteiger partial charge in [0, 0.05) is 18.3 Å². The van der Waals surface area contributed by atoms with Crippen LogP contribution in [0.15, 0.2) is 29.6 Å². The summed E-state index contributed by atoms with van der Waals surface area (Å²) >= 11 is 1.76. The maximum Gasteiger partial charge on any atom is 0.0972 e. The van der Waals surface area contributed by atoms with Crippen LogP contribution in [0.3, 0.4) is 0 Å². The third-order valence-electron chi connectivity index (χ3n) is 2.80. The third-order valence-corrected chi connectivity index (χ3v) is 3.70. The maximum absolute atomic E-state index is 5.66. The van der Waals surface area contributed by atoms with E-state index in [2.05, 4.69) is 48.5 Å². The van der Waals surface area contributed by atoms with Crippen LogP contribution in [-0.2, 0) is 19.4 Å². The van der Waals surface area contributed by atoms with Gasteiger partial charge < -0.3 is 5.73 Å². The number of thiazole rings is 1. The first-order valence-electron chi connectivity index (χ1n) is 6.38. The van der Waals surface area contributed by atoms with E-state index in [1.54, 1.807) is 11.3 Å². The molecular weight excluding hydrogens is 240 g/mol. The number of aromatic nitrogens is 1. The second kappa shape index (κ2) is 6.12. The Morgan fingerprint density at radius 2 is 2.06 bits per heavy atom. The van der Waals surface area contributed by atoms with E-state index in [0.717, 1.165) is 12.8 Å². The Balaban J connectivity index is 2.06. The van der Waals surface area contributed by atoms with Crippen molar-refractivity contribution in [2.45, 2.75) is 33.2 Å². The molecule has 0 unspecified atom stereocenters. The standard InChI is InChI=1S/C15H20N2S/c1-11(2)6-14-10-18-15(17-14)8-12-4-3-5-13(7-12)9-16/h3-5,7,10-11H,6,8-9,16H2,1-2H3. The summed E-state index contributed by atoms with van der Waals surface area (Å²) in [7, 11) is 0. The van der Waals surface area contributed by atoms with E-state index in [9.17, 15) is 0 Å². The fourth-order valence-electron chi connectivity index (χ4n) is 1.98. The Morgan fingerprint density at radius 3 is 2.78 bits per heavy atom. The Bertz CT molecular complexity index is 503. The minimum atomic E-state index is 0.601. The lowest BCUT2D eigenvalue weighted by atomic mass is 10.1. The molecule has 0 aliphatic rings. The van der Waals surface area contributed by atoms with Crippen molar-refractivity contribution in [2.24, 2.45) is 11.7 Å². The summed E-state index contributed by atoms with van der Waals surface area (Å²) in [5, 5.41) is 3.38. The van der Waals surface area contributed by atoms with Crippen molar-refractivity contribution in [2.75, 3.05) is 0 Å². The van der Waals surface area contributed by atoms with Crippen LogP contribution in [0.2, 0.25) is 0 Å². The molecule has 0 atom stereocenters. The first-order valence-corrected chi connectivity index (χ1v) is 7.26. The van der Waals surface area contributed by atoms with Crippen molar-refractivity contribution in [3.63, 3.8) is 0 Å². The highest BCUT2D eigenvalue weighted by atomic mass is 32.1. The minimum Gasteiger partial charge on any atom is -0.326 e. The van der Waals surface area contributed by atoms with Gasteiger partial charge in [-0.2, -0.15) is 0 Å². The highest BCUT2D eigenvalue weighted by Crippen LogP contribution is 2.17. The molecule has 2 nitrogen and oxygen atoms in total. The van der Waals surface area contributed by atoms with Gasteiger partial charge >= 0.3 is 0 Å². The number of hydrogen-bond acceptors (Lipinski definition) is 3. The van der Waals surface area contributed by atoms with Crippen LogP contribution in [0.1, 0.15) is 35.7 Å². The molecular formula is C15H20N2S. The molecule has 1 aromatic heterocycles. The van der Waals surface area contributed by atoms with Gasteiger partial charge in [0.05, 0.1) is 10.7 Å². The van der Waals surface area contributed by atoms with E-state index >= 15 is 0 Å². The SMILES string of the molecule is CC(C)Cc1csc(Cc2cccc(CN)c2)n1. The molecule has 2 aromatic rings. The number of nitrogens with two attached hydrogens (primary N) is 1. The highest BCUT2D eigenvalue weighted by molar-refractivity contribution is 7.09. The first kappa shape index (κ1) is 13.2. The predicted octanol–water partition coefficient (Wildman–Crippen LogP) is 3.39. The molecule has 18 heavy (non-hydrogen) atoms. The molecule has 0 aliphatic carbocycles. The molecule has 0 amide bonds. The number of hydrogen-bond donors (Lipinski definition) is 1. The summed E-state index contributed by atoms with van der Waals surface area (Å²) in [5.74, 6) is 0.667. The fourth-order valence-corrected chi connectivity index (χ4v) is 2.82. The monoisotopic (exact) mass is 260 g/mol. The summed E-state index contributed by atoms with van der Waals surface area (Å²) in [4.78, 5) is 4.69. The molecule has 96 valence electrons. The van der Waals surface area contributed by atoms with Crippen LogP contribution in [0.5, 0.6) is 0 Å². The Morgan fingerprint density at radius 1 is 1.28 bits per heavy atom. The van der Waals surface area contributed by atoms with Crippen molar-refractivity contribution in [3.8, 4) is 0 Å². The van der Waals surface area contributed by atoms with Gasteiger partial charge in [0.1, 0.15) is 0 Å².